The first-order valence-electron chi connectivity index (χ1n) is 8.74. The summed E-state index contributed by atoms with van der Waals surface area (Å²) in [6, 6.07) is 5.02. The maximum atomic E-state index is 13.0. The van der Waals surface area contributed by atoms with Crippen LogP contribution in [0.3, 0.4) is 0 Å². The minimum absolute atomic E-state index is 0.0461. The van der Waals surface area contributed by atoms with Gasteiger partial charge in [-0.2, -0.15) is 0 Å². The van der Waals surface area contributed by atoms with E-state index in [1.54, 1.807) is 25.2 Å². The number of carbonyl (C=O) groups is 2. The molecule has 0 saturated carbocycles. The van der Waals surface area contributed by atoms with Crippen LogP contribution in [-0.2, 0) is 0 Å². The normalized spacial score (nSPS) is 13.2. The molecule has 0 aromatic heterocycles. The Bertz CT molecular complexity index is 560. The van der Waals surface area contributed by atoms with Crippen LogP contribution >= 0.6 is 0 Å². The number of benzene rings is 1. The highest BCUT2D eigenvalue weighted by molar-refractivity contribution is 6.00. The fourth-order valence-electron chi connectivity index (χ4n) is 2.47. The molecule has 5 heteroatoms. The van der Waals surface area contributed by atoms with Gasteiger partial charge in [-0.25, -0.2) is 0 Å². The van der Waals surface area contributed by atoms with Crippen LogP contribution in [0, 0.1) is 11.8 Å². The number of hydrogen-bond donors (Lipinski definition) is 2. The molecule has 2 amide bonds. The summed E-state index contributed by atoms with van der Waals surface area (Å²) in [6.45, 7) is 9.99. The van der Waals surface area contributed by atoms with E-state index in [0.717, 1.165) is 25.9 Å². The van der Waals surface area contributed by atoms with Crippen molar-refractivity contribution in [1.29, 1.82) is 0 Å². The van der Waals surface area contributed by atoms with Crippen LogP contribution in [0.1, 0.15) is 61.3 Å². The first-order chi connectivity index (χ1) is 11.3. The van der Waals surface area contributed by atoms with E-state index in [4.69, 9.17) is 5.73 Å². The molecule has 0 bridgehead atoms. The van der Waals surface area contributed by atoms with Crippen LogP contribution < -0.4 is 11.1 Å². The van der Waals surface area contributed by atoms with E-state index in [0.29, 0.717) is 28.7 Å². The molecule has 2 atom stereocenters. The first kappa shape index (κ1) is 20.0. The number of nitrogens with one attached hydrogen (secondary N) is 1. The number of carbonyl (C=O) groups excluding carboxylic acids is 2. The SMILES string of the molecule is CCC(C)CN(CC(C)CC)C(=O)c1cc(NC)cc(C(N)=O)c1. The van der Waals surface area contributed by atoms with Gasteiger partial charge in [-0.3, -0.25) is 9.59 Å². The molecule has 0 fully saturated rings. The van der Waals surface area contributed by atoms with Crippen molar-refractivity contribution in [3.63, 3.8) is 0 Å². The second kappa shape index (κ2) is 9.30. The monoisotopic (exact) mass is 333 g/mol. The third-order valence-electron chi connectivity index (χ3n) is 4.50. The standard InChI is InChI=1S/C19H31N3O2/c1-6-13(3)11-22(12-14(4)7-2)19(24)16-8-15(18(20)23)9-17(10-16)21-5/h8-10,13-14,21H,6-7,11-12H2,1-5H3,(H2,20,23). The Morgan fingerprint density at radius 2 is 1.54 bits per heavy atom. The lowest BCUT2D eigenvalue weighted by Crippen LogP contribution is -2.38. The van der Waals surface area contributed by atoms with Crippen molar-refractivity contribution in [1.82, 2.24) is 4.90 Å². The summed E-state index contributed by atoms with van der Waals surface area (Å²) < 4.78 is 0. The highest BCUT2D eigenvalue weighted by Gasteiger charge is 2.21. The van der Waals surface area contributed by atoms with Crippen LogP contribution in [0.5, 0.6) is 0 Å². The minimum Gasteiger partial charge on any atom is -0.388 e. The molecule has 134 valence electrons. The van der Waals surface area contributed by atoms with Crippen LogP contribution in [0.4, 0.5) is 5.69 Å². The molecule has 1 rings (SSSR count). The zero-order valence-corrected chi connectivity index (χ0v) is 15.6. The number of amides is 2. The Morgan fingerprint density at radius 3 is 1.96 bits per heavy atom. The largest absolute Gasteiger partial charge is 0.388 e. The quantitative estimate of drug-likeness (QED) is 0.727. The summed E-state index contributed by atoms with van der Waals surface area (Å²) in [5.74, 6) is 0.286. The predicted molar refractivity (Wildman–Crippen MR) is 99.3 cm³/mol. The Hall–Kier alpha value is -2.04. The van der Waals surface area contributed by atoms with Crippen molar-refractivity contribution < 1.29 is 9.59 Å². The van der Waals surface area contributed by atoms with Gasteiger partial charge in [-0.15, -0.1) is 0 Å². The van der Waals surface area contributed by atoms with Gasteiger partial charge in [0.15, 0.2) is 0 Å². The number of anilines is 1. The molecular weight excluding hydrogens is 302 g/mol. The van der Waals surface area contributed by atoms with E-state index in [1.165, 1.54) is 0 Å². The van der Waals surface area contributed by atoms with Gasteiger partial charge in [-0.05, 0) is 30.0 Å². The molecule has 0 spiro atoms. The molecule has 3 N–H and O–H groups in total. The summed E-state index contributed by atoms with van der Waals surface area (Å²) in [5.41, 5.74) is 6.95. The maximum Gasteiger partial charge on any atom is 0.253 e. The van der Waals surface area contributed by atoms with Gasteiger partial charge in [0, 0.05) is 37.0 Å². The van der Waals surface area contributed by atoms with E-state index < -0.39 is 5.91 Å². The van der Waals surface area contributed by atoms with Crippen molar-refractivity contribution in [2.75, 3.05) is 25.5 Å². The molecule has 0 radical (unpaired) electrons. The second-order valence-corrected chi connectivity index (χ2v) is 6.65. The van der Waals surface area contributed by atoms with Gasteiger partial charge >= 0.3 is 0 Å². The summed E-state index contributed by atoms with van der Waals surface area (Å²) in [5, 5.41) is 2.98. The highest BCUT2D eigenvalue weighted by atomic mass is 16.2. The van der Waals surface area contributed by atoms with Gasteiger partial charge < -0.3 is 16.0 Å². The third-order valence-corrected chi connectivity index (χ3v) is 4.50. The Kier molecular flexibility index (Phi) is 7.75. The molecule has 1 aromatic rings. The highest BCUT2D eigenvalue weighted by Crippen LogP contribution is 2.19. The van der Waals surface area contributed by atoms with Crippen molar-refractivity contribution in [3.05, 3.63) is 29.3 Å². The van der Waals surface area contributed by atoms with Crippen LogP contribution in [0.25, 0.3) is 0 Å². The van der Waals surface area contributed by atoms with Gasteiger partial charge in [0.1, 0.15) is 0 Å². The molecule has 0 saturated heterocycles. The van der Waals surface area contributed by atoms with Crippen molar-refractivity contribution in [3.8, 4) is 0 Å². The lowest BCUT2D eigenvalue weighted by atomic mass is 10.0. The van der Waals surface area contributed by atoms with Crippen LogP contribution in [0.2, 0.25) is 0 Å². The lowest BCUT2D eigenvalue weighted by molar-refractivity contribution is 0.0704. The van der Waals surface area contributed by atoms with Gasteiger partial charge in [0.05, 0.1) is 0 Å². The van der Waals surface area contributed by atoms with E-state index in [2.05, 4.69) is 33.0 Å². The molecular formula is C19H31N3O2. The second-order valence-electron chi connectivity index (χ2n) is 6.65. The summed E-state index contributed by atoms with van der Waals surface area (Å²) >= 11 is 0. The molecule has 0 aliphatic rings. The van der Waals surface area contributed by atoms with Gasteiger partial charge in [0.2, 0.25) is 5.91 Å². The fourth-order valence-corrected chi connectivity index (χ4v) is 2.47. The molecule has 0 heterocycles. The zero-order valence-electron chi connectivity index (χ0n) is 15.6. The van der Waals surface area contributed by atoms with Gasteiger partial charge in [-0.1, -0.05) is 40.5 Å². The minimum atomic E-state index is -0.531. The number of nitrogens with zero attached hydrogens (tertiary/aromatic N) is 1. The van der Waals surface area contributed by atoms with E-state index in [-0.39, 0.29) is 5.91 Å². The lowest BCUT2D eigenvalue weighted by Gasteiger charge is -2.28. The average Bonchev–Trinajstić information content (AvgIpc) is 2.59. The average molecular weight is 333 g/mol. The summed E-state index contributed by atoms with van der Waals surface area (Å²) in [6.07, 6.45) is 2.04. The van der Waals surface area contributed by atoms with Crippen LogP contribution in [0.15, 0.2) is 18.2 Å². The van der Waals surface area contributed by atoms with Crippen LogP contribution in [-0.4, -0.2) is 36.9 Å². The third kappa shape index (κ3) is 5.55. The number of hydrogen-bond acceptors (Lipinski definition) is 3. The van der Waals surface area contributed by atoms with E-state index >= 15 is 0 Å². The molecule has 0 aliphatic heterocycles. The first-order valence-corrected chi connectivity index (χ1v) is 8.74. The molecule has 2 unspecified atom stereocenters. The smallest absolute Gasteiger partial charge is 0.253 e. The summed E-state index contributed by atoms with van der Waals surface area (Å²) in [7, 11) is 1.75. The zero-order chi connectivity index (χ0) is 18.3. The number of rotatable bonds is 9. The Morgan fingerprint density at radius 1 is 1.04 bits per heavy atom. The van der Waals surface area contributed by atoms with Crippen molar-refractivity contribution in [2.24, 2.45) is 17.6 Å². The van der Waals surface area contributed by atoms with E-state index in [1.807, 2.05) is 4.90 Å². The maximum absolute atomic E-state index is 13.0. The van der Waals surface area contributed by atoms with Crippen molar-refractivity contribution in [2.45, 2.75) is 40.5 Å². The Labute approximate surface area is 145 Å². The number of nitrogens with two attached hydrogens (primary N) is 1. The number of primary amides is 1. The van der Waals surface area contributed by atoms with Crippen molar-refractivity contribution >= 4 is 17.5 Å². The summed E-state index contributed by atoms with van der Waals surface area (Å²) in [4.78, 5) is 26.5. The predicted octanol–water partition coefficient (Wildman–Crippen LogP) is 3.36. The topological polar surface area (TPSA) is 75.4 Å². The van der Waals surface area contributed by atoms with E-state index in [9.17, 15) is 9.59 Å². The fraction of sp³-hybridized carbons (Fsp3) is 0.579. The Balaban J connectivity index is 3.16. The molecule has 1 aromatic carbocycles. The molecule has 0 aliphatic carbocycles. The van der Waals surface area contributed by atoms with Gasteiger partial charge in [0.25, 0.3) is 5.91 Å². The molecule has 5 nitrogen and oxygen atoms in total. The molecule has 24 heavy (non-hydrogen) atoms.